The molecule has 55 heavy (non-hydrogen) atoms. The van der Waals surface area contributed by atoms with Crippen LogP contribution in [0.2, 0.25) is 0 Å². The molecule has 302 valence electrons. The van der Waals surface area contributed by atoms with Crippen LogP contribution >= 0.6 is 11.3 Å². The number of carbonyl (C=O) groups is 3. The number of ether oxygens (including phenoxy) is 2. The predicted molar refractivity (Wildman–Crippen MR) is 212 cm³/mol. The Kier molecular flexibility index (Phi) is 16.8. The van der Waals surface area contributed by atoms with Crippen LogP contribution in [0.1, 0.15) is 75.3 Å². The molecule has 3 aromatic rings. The lowest BCUT2D eigenvalue weighted by atomic mass is 9.85. The van der Waals surface area contributed by atoms with E-state index in [-0.39, 0.29) is 63.3 Å². The van der Waals surface area contributed by atoms with E-state index in [1.165, 1.54) is 4.90 Å². The van der Waals surface area contributed by atoms with Crippen molar-refractivity contribution in [1.29, 1.82) is 0 Å². The van der Waals surface area contributed by atoms with Crippen LogP contribution in [0, 0.1) is 19.3 Å². The quantitative estimate of drug-likeness (QED) is 0.102. The SMILES string of the molecule is Cc1ccc(CS(=O)(=O)OCCCCCOCCOCCC(=O)NC(C(=O)N2C[C@H](O)C[C@H]2C(=O)NCc2ccc(-c3scnc3C)cc2)C(C)(C)C)cc1. The smallest absolute Gasteiger partial charge is 0.271 e. The standard InChI is InChI=1S/C40H56N4O9S2/c1-28-9-11-31(12-10-28)26-55(49,50)53-19-8-6-7-18-51-21-22-52-20-17-35(46)43-37(40(3,4)5)39(48)44-25-33(45)23-34(44)38(47)41-24-30-13-15-32(16-14-30)36-29(2)42-27-54-36/h9-16,27,33-34,37,45H,6-8,17-26H2,1-5H3,(H,41,47)(H,43,46)/t33-,34+,37?/m1/s1. The van der Waals surface area contributed by atoms with E-state index in [2.05, 4.69) is 15.6 Å². The van der Waals surface area contributed by atoms with Gasteiger partial charge in [-0.2, -0.15) is 8.42 Å². The van der Waals surface area contributed by atoms with Crippen LogP contribution in [-0.4, -0.2) is 98.9 Å². The van der Waals surface area contributed by atoms with E-state index in [4.69, 9.17) is 13.7 Å². The van der Waals surface area contributed by atoms with Gasteiger partial charge in [-0.15, -0.1) is 11.3 Å². The van der Waals surface area contributed by atoms with E-state index >= 15 is 0 Å². The number of hydrogen-bond acceptors (Lipinski definition) is 11. The largest absolute Gasteiger partial charge is 0.391 e. The second-order valence-electron chi connectivity index (χ2n) is 15.0. The topological polar surface area (TPSA) is 173 Å². The number of amides is 3. The van der Waals surface area contributed by atoms with Gasteiger partial charge in [0.25, 0.3) is 10.1 Å². The molecule has 2 aromatic carbocycles. The Labute approximate surface area is 329 Å². The van der Waals surface area contributed by atoms with Crippen LogP contribution in [0.4, 0.5) is 0 Å². The van der Waals surface area contributed by atoms with E-state index in [9.17, 15) is 27.9 Å². The van der Waals surface area contributed by atoms with Gasteiger partial charge in [-0.1, -0.05) is 74.9 Å². The van der Waals surface area contributed by atoms with Crippen molar-refractivity contribution < 1.29 is 41.6 Å². The highest BCUT2D eigenvalue weighted by Crippen LogP contribution is 2.28. The second-order valence-corrected chi connectivity index (χ2v) is 17.5. The molecule has 1 saturated heterocycles. The molecule has 1 aliphatic heterocycles. The number of benzene rings is 2. The maximum Gasteiger partial charge on any atom is 0.271 e. The number of aryl methyl sites for hydroxylation is 2. The highest BCUT2D eigenvalue weighted by molar-refractivity contribution is 7.85. The molecular weight excluding hydrogens is 745 g/mol. The van der Waals surface area contributed by atoms with Gasteiger partial charge in [0.2, 0.25) is 17.7 Å². The Morgan fingerprint density at radius 3 is 2.24 bits per heavy atom. The normalized spacial score (nSPS) is 16.6. The van der Waals surface area contributed by atoms with Crippen molar-refractivity contribution in [3.8, 4) is 10.4 Å². The lowest BCUT2D eigenvalue weighted by Gasteiger charge is -2.35. The Hall–Kier alpha value is -3.73. The number of nitrogens with one attached hydrogen (secondary N) is 2. The summed E-state index contributed by atoms with van der Waals surface area (Å²) in [5.41, 5.74) is 5.81. The molecule has 0 saturated carbocycles. The first-order valence-electron chi connectivity index (χ1n) is 18.8. The zero-order valence-electron chi connectivity index (χ0n) is 32.5. The van der Waals surface area contributed by atoms with Gasteiger partial charge >= 0.3 is 0 Å². The molecule has 3 atom stereocenters. The van der Waals surface area contributed by atoms with Crippen molar-refractivity contribution >= 4 is 39.2 Å². The number of aliphatic hydroxyl groups excluding tert-OH is 1. The molecule has 1 fully saturated rings. The summed E-state index contributed by atoms with van der Waals surface area (Å²) >= 11 is 1.57. The van der Waals surface area contributed by atoms with E-state index in [1.807, 2.05) is 76.5 Å². The first kappa shape index (κ1) is 44.0. The van der Waals surface area contributed by atoms with Gasteiger partial charge in [0, 0.05) is 32.5 Å². The van der Waals surface area contributed by atoms with Gasteiger partial charge in [-0.3, -0.25) is 18.6 Å². The minimum absolute atomic E-state index is 0.00437. The van der Waals surface area contributed by atoms with Crippen LogP contribution in [0.25, 0.3) is 10.4 Å². The van der Waals surface area contributed by atoms with Crippen LogP contribution in [0.3, 0.4) is 0 Å². The summed E-state index contributed by atoms with van der Waals surface area (Å²) in [6.07, 6.45) is 1.36. The molecule has 3 N–H and O–H groups in total. The van der Waals surface area contributed by atoms with E-state index in [0.29, 0.717) is 25.2 Å². The molecule has 1 aliphatic rings. The minimum atomic E-state index is -3.63. The molecule has 15 heteroatoms. The van der Waals surface area contributed by atoms with Crippen molar-refractivity contribution in [2.24, 2.45) is 5.41 Å². The highest BCUT2D eigenvalue weighted by Gasteiger charge is 2.44. The van der Waals surface area contributed by atoms with Crippen LogP contribution in [-0.2, 0) is 50.5 Å². The van der Waals surface area contributed by atoms with Crippen LogP contribution in [0.5, 0.6) is 0 Å². The number of nitrogens with zero attached hydrogens (tertiary/aromatic N) is 2. The monoisotopic (exact) mass is 800 g/mol. The molecule has 4 rings (SSSR count). The lowest BCUT2D eigenvalue weighted by molar-refractivity contribution is -0.144. The molecule has 1 unspecified atom stereocenters. The third-order valence-electron chi connectivity index (χ3n) is 9.22. The number of thiazole rings is 1. The number of unbranched alkanes of at least 4 members (excludes halogenated alkanes) is 2. The second kappa shape index (κ2) is 21.0. The van der Waals surface area contributed by atoms with Gasteiger partial charge in [0.15, 0.2) is 0 Å². The Morgan fingerprint density at radius 2 is 1.58 bits per heavy atom. The summed E-state index contributed by atoms with van der Waals surface area (Å²) in [4.78, 5) is 46.9. The lowest BCUT2D eigenvalue weighted by Crippen LogP contribution is -2.57. The van der Waals surface area contributed by atoms with Crippen molar-refractivity contribution in [1.82, 2.24) is 20.5 Å². The summed E-state index contributed by atoms with van der Waals surface area (Å²) in [7, 11) is -3.63. The summed E-state index contributed by atoms with van der Waals surface area (Å²) in [5.74, 6) is -1.30. The Balaban J connectivity index is 1.11. The van der Waals surface area contributed by atoms with Crippen LogP contribution in [0.15, 0.2) is 54.0 Å². The number of β-amino-alcohol motifs (C(OH)–C–C–N with tert-alkyl or cyclic N) is 1. The van der Waals surface area contributed by atoms with E-state index < -0.39 is 39.6 Å². The minimum Gasteiger partial charge on any atom is -0.391 e. The highest BCUT2D eigenvalue weighted by atomic mass is 32.2. The van der Waals surface area contributed by atoms with Crippen molar-refractivity contribution in [2.75, 3.05) is 39.6 Å². The van der Waals surface area contributed by atoms with Gasteiger partial charge in [0.1, 0.15) is 17.8 Å². The van der Waals surface area contributed by atoms with Gasteiger partial charge < -0.3 is 30.1 Å². The summed E-state index contributed by atoms with van der Waals surface area (Å²) in [6, 6.07) is 13.4. The zero-order valence-corrected chi connectivity index (χ0v) is 34.2. The predicted octanol–water partition coefficient (Wildman–Crippen LogP) is 4.68. The average Bonchev–Trinajstić information content (AvgIpc) is 3.75. The number of aliphatic hydroxyl groups is 1. The van der Waals surface area contributed by atoms with E-state index in [0.717, 1.165) is 40.1 Å². The van der Waals surface area contributed by atoms with Gasteiger partial charge in [0.05, 0.1) is 48.6 Å². The van der Waals surface area contributed by atoms with Crippen LogP contribution < -0.4 is 10.6 Å². The fourth-order valence-corrected chi connectivity index (χ4v) is 7.97. The fraction of sp³-hybridized carbons (Fsp3) is 0.550. The summed E-state index contributed by atoms with van der Waals surface area (Å²) < 4.78 is 40.6. The number of hydrogen-bond donors (Lipinski definition) is 3. The molecule has 0 bridgehead atoms. The number of aromatic nitrogens is 1. The Morgan fingerprint density at radius 1 is 0.927 bits per heavy atom. The zero-order chi connectivity index (χ0) is 40.0. The number of likely N-dealkylation sites (tertiary alicyclic amines) is 1. The Bertz CT molecular complexity index is 1790. The molecular formula is C40H56N4O9S2. The van der Waals surface area contributed by atoms with Gasteiger partial charge in [-0.25, -0.2) is 4.98 Å². The third kappa shape index (κ3) is 14.4. The molecule has 1 aromatic heterocycles. The van der Waals surface area contributed by atoms with Crippen molar-refractivity contribution in [3.05, 3.63) is 76.4 Å². The maximum absolute atomic E-state index is 13.9. The first-order valence-corrected chi connectivity index (χ1v) is 21.2. The summed E-state index contributed by atoms with van der Waals surface area (Å²) in [6.45, 7) is 11.0. The fourth-order valence-electron chi connectivity index (χ4n) is 6.10. The third-order valence-corrected chi connectivity index (χ3v) is 11.4. The molecule has 0 radical (unpaired) electrons. The first-order chi connectivity index (χ1) is 26.1. The van der Waals surface area contributed by atoms with Crippen molar-refractivity contribution in [2.45, 2.75) is 97.2 Å². The average molecular weight is 801 g/mol. The molecule has 13 nitrogen and oxygen atoms in total. The number of carbonyl (C=O) groups excluding carboxylic acids is 3. The van der Waals surface area contributed by atoms with E-state index in [1.54, 1.807) is 23.5 Å². The molecule has 0 aliphatic carbocycles. The number of rotatable bonds is 21. The molecule has 0 spiro atoms. The molecule has 3 amide bonds. The maximum atomic E-state index is 13.9. The summed E-state index contributed by atoms with van der Waals surface area (Å²) in [5, 5.41) is 16.2. The molecule has 2 heterocycles. The van der Waals surface area contributed by atoms with Gasteiger partial charge in [-0.05, 0) is 55.2 Å². The van der Waals surface area contributed by atoms with Crippen molar-refractivity contribution in [3.63, 3.8) is 0 Å².